The third kappa shape index (κ3) is 3.13. The number of rotatable bonds is 5. The van der Waals surface area contributed by atoms with Crippen molar-refractivity contribution >= 4 is 23.7 Å². The minimum atomic E-state index is -0.622. The Kier molecular flexibility index (Phi) is 4.16. The Morgan fingerprint density at radius 1 is 1.00 bits per heavy atom. The zero-order valence-corrected chi connectivity index (χ0v) is 15.5. The van der Waals surface area contributed by atoms with E-state index in [-0.39, 0.29) is 29.8 Å². The van der Waals surface area contributed by atoms with Gasteiger partial charge in [-0.05, 0) is 29.8 Å². The van der Waals surface area contributed by atoms with Crippen LogP contribution in [0.5, 0.6) is 11.5 Å². The summed E-state index contributed by atoms with van der Waals surface area (Å²) in [5, 5.41) is 10.1. The first-order valence-electron chi connectivity index (χ1n) is 9.04. The molecule has 5 rings (SSSR count). The van der Waals surface area contributed by atoms with Crippen molar-refractivity contribution in [1.29, 1.82) is 0 Å². The topological polar surface area (TPSA) is 124 Å². The number of hydrogen-bond donors (Lipinski definition) is 1. The molecule has 2 aliphatic rings. The number of aromatic nitrogens is 2. The van der Waals surface area contributed by atoms with E-state index in [1.54, 1.807) is 30.3 Å². The Balaban J connectivity index is 1.22. The molecule has 150 valence electrons. The summed E-state index contributed by atoms with van der Waals surface area (Å²) < 4.78 is 16.0. The molecule has 1 N–H and O–H groups in total. The molecule has 0 fully saturated rings. The molecule has 0 unspecified atom stereocenters. The molecule has 3 heterocycles. The molecule has 0 bridgehead atoms. The number of anilines is 1. The molecule has 0 saturated carbocycles. The highest BCUT2D eigenvalue weighted by Gasteiger charge is 2.36. The summed E-state index contributed by atoms with van der Waals surface area (Å²) in [6, 6.07) is 11.8. The van der Waals surface area contributed by atoms with Crippen molar-refractivity contribution in [3.8, 4) is 11.5 Å². The Morgan fingerprint density at radius 2 is 1.73 bits per heavy atom. The van der Waals surface area contributed by atoms with Gasteiger partial charge in [-0.2, -0.15) is 0 Å². The van der Waals surface area contributed by atoms with Gasteiger partial charge in [-0.25, -0.2) is 0 Å². The van der Waals surface area contributed by atoms with E-state index in [1.807, 2.05) is 12.1 Å². The minimum Gasteiger partial charge on any atom is -0.454 e. The molecular formula is C20H14N4O6. The van der Waals surface area contributed by atoms with Gasteiger partial charge in [0.05, 0.1) is 17.5 Å². The van der Waals surface area contributed by atoms with E-state index in [4.69, 9.17) is 13.9 Å². The van der Waals surface area contributed by atoms with Crippen LogP contribution < -0.4 is 14.8 Å². The molecule has 0 aliphatic carbocycles. The van der Waals surface area contributed by atoms with Gasteiger partial charge in [-0.3, -0.25) is 24.6 Å². The number of hydrogen-bond acceptors (Lipinski definition) is 8. The van der Waals surface area contributed by atoms with Gasteiger partial charge in [0.25, 0.3) is 11.8 Å². The molecule has 0 radical (unpaired) electrons. The molecular weight excluding hydrogens is 392 g/mol. The van der Waals surface area contributed by atoms with Crippen molar-refractivity contribution in [2.45, 2.75) is 6.42 Å². The number of nitrogens with zero attached hydrogens (tertiary/aromatic N) is 3. The van der Waals surface area contributed by atoms with Crippen LogP contribution in [0.25, 0.3) is 0 Å². The summed E-state index contributed by atoms with van der Waals surface area (Å²) in [7, 11) is 0. The van der Waals surface area contributed by atoms with Crippen LogP contribution in [0.1, 0.15) is 32.2 Å². The van der Waals surface area contributed by atoms with Gasteiger partial charge >= 0.3 is 6.01 Å². The van der Waals surface area contributed by atoms with Crippen molar-refractivity contribution in [3.05, 3.63) is 65.0 Å². The van der Waals surface area contributed by atoms with E-state index in [0.29, 0.717) is 17.9 Å². The highest BCUT2D eigenvalue weighted by molar-refractivity contribution is 6.22. The van der Waals surface area contributed by atoms with E-state index in [0.717, 1.165) is 10.5 Å². The summed E-state index contributed by atoms with van der Waals surface area (Å²) in [5.41, 5.74) is 1.42. The van der Waals surface area contributed by atoms with E-state index >= 15 is 0 Å². The number of fused-ring (bicyclic) bond motifs is 2. The number of nitrogens with one attached hydrogen (secondary N) is 1. The van der Waals surface area contributed by atoms with Crippen LogP contribution in [-0.2, 0) is 11.2 Å². The van der Waals surface area contributed by atoms with Gasteiger partial charge in [-0.15, -0.1) is 5.10 Å². The SMILES string of the molecule is O=C(CN1C(=O)c2ccccc2C1=O)Nc1nnc(Cc2ccc3c(c2)OCO3)o1. The van der Waals surface area contributed by atoms with E-state index < -0.39 is 24.3 Å². The fraction of sp³-hybridized carbons (Fsp3) is 0.150. The smallest absolute Gasteiger partial charge is 0.322 e. The molecule has 1 aromatic heterocycles. The van der Waals surface area contributed by atoms with Gasteiger partial charge in [0, 0.05) is 0 Å². The van der Waals surface area contributed by atoms with Crippen LogP contribution in [0.2, 0.25) is 0 Å². The maximum Gasteiger partial charge on any atom is 0.322 e. The molecule has 3 aromatic rings. The predicted molar refractivity (Wildman–Crippen MR) is 100 cm³/mol. The Bertz CT molecular complexity index is 1150. The van der Waals surface area contributed by atoms with Gasteiger partial charge in [0.2, 0.25) is 18.6 Å². The van der Waals surface area contributed by atoms with Crippen LogP contribution >= 0.6 is 0 Å². The van der Waals surface area contributed by atoms with Gasteiger partial charge in [-0.1, -0.05) is 23.3 Å². The number of ether oxygens (including phenoxy) is 2. The van der Waals surface area contributed by atoms with Crippen molar-refractivity contribution in [2.24, 2.45) is 0 Å². The lowest BCUT2D eigenvalue weighted by Gasteiger charge is -2.12. The standard InChI is InChI=1S/C20H14N4O6/c25-16(9-24-18(26)12-3-1-2-4-13(12)19(24)27)21-20-23-22-17(30-20)8-11-5-6-14-15(7-11)29-10-28-14/h1-7H,8-10H2,(H,21,23,25). The van der Waals surface area contributed by atoms with Crippen molar-refractivity contribution < 1.29 is 28.3 Å². The third-order valence-electron chi connectivity index (χ3n) is 4.69. The van der Waals surface area contributed by atoms with Crippen molar-refractivity contribution in [1.82, 2.24) is 15.1 Å². The van der Waals surface area contributed by atoms with Crippen LogP contribution in [-0.4, -0.2) is 46.2 Å². The van der Waals surface area contributed by atoms with Gasteiger partial charge in [0.15, 0.2) is 11.5 Å². The minimum absolute atomic E-state index is 0.118. The number of carbonyl (C=O) groups excluding carboxylic acids is 3. The third-order valence-corrected chi connectivity index (χ3v) is 4.69. The number of imide groups is 1. The lowest BCUT2D eigenvalue weighted by atomic mass is 10.1. The molecule has 3 amide bonds. The average molecular weight is 406 g/mol. The second-order valence-corrected chi connectivity index (χ2v) is 6.66. The Hall–Kier alpha value is -4.21. The Labute approximate surface area is 169 Å². The molecule has 0 saturated heterocycles. The summed E-state index contributed by atoms with van der Waals surface area (Å²) in [5.74, 6) is -0.0564. The number of benzene rings is 2. The first-order chi connectivity index (χ1) is 14.6. The second-order valence-electron chi connectivity index (χ2n) is 6.66. The average Bonchev–Trinajstić information content (AvgIpc) is 3.44. The van der Waals surface area contributed by atoms with E-state index in [1.165, 1.54) is 0 Å². The fourth-order valence-electron chi connectivity index (χ4n) is 3.29. The molecule has 2 aromatic carbocycles. The molecule has 0 atom stereocenters. The van der Waals surface area contributed by atoms with Crippen molar-refractivity contribution in [2.75, 3.05) is 18.7 Å². The highest BCUT2D eigenvalue weighted by Crippen LogP contribution is 2.33. The number of amides is 3. The first kappa shape index (κ1) is 17.9. The van der Waals surface area contributed by atoms with E-state index in [9.17, 15) is 14.4 Å². The molecule has 0 spiro atoms. The Morgan fingerprint density at radius 3 is 2.50 bits per heavy atom. The van der Waals surface area contributed by atoms with Crippen LogP contribution in [0.4, 0.5) is 6.01 Å². The normalized spacial score (nSPS) is 14.2. The van der Waals surface area contributed by atoms with Crippen LogP contribution in [0.15, 0.2) is 46.9 Å². The lowest BCUT2D eigenvalue weighted by molar-refractivity contribution is -0.116. The predicted octanol–water partition coefficient (Wildman–Crippen LogP) is 1.62. The largest absolute Gasteiger partial charge is 0.454 e. The van der Waals surface area contributed by atoms with Gasteiger partial charge < -0.3 is 13.9 Å². The summed E-state index contributed by atoms with van der Waals surface area (Å²) >= 11 is 0. The molecule has 2 aliphatic heterocycles. The lowest BCUT2D eigenvalue weighted by Crippen LogP contribution is -2.37. The molecule has 10 heteroatoms. The number of carbonyl (C=O) groups is 3. The zero-order valence-electron chi connectivity index (χ0n) is 15.5. The molecule has 10 nitrogen and oxygen atoms in total. The first-order valence-corrected chi connectivity index (χ1v) is 9.04. The fourth-order valence-corrected chi connectivity index (χ4v) is 3.29. The van der Waals surface area contributed by atoms with Crippen molar-refractivity contribution in [3.63, 3.8) is 0 Å². The zero-order chi connectivity index (χ0) is 20.7. The summed E-state index contributed by atoms with van der Waals surface area (Å²) in [4.78, 5) is 37.8. The molecule has 30 heavy (non-hydrogen) atoms. The monoisotopic (exact) mass is 406 g/mol. The summed E-state index contributed by atoms with van der Waals surface area (Å²) in [6.45, 7) is -0.269. The van der Waals surface area contributed by atoms with Crippen LogP contribution in [0.3, 0.4) is 0 Å². The van der Waals surface area contributed by atoms with Crippen LogP contribution in [0, 0.1) is 0 Å². The second kappa shape index (κ2) is 6.99. The highest BCUT2D eigenvalue weighted by atomic mass is 16.7. The van der Waals surface area contributed by atoms with Gasteiger partial charge in [0.1, 0.15) is 6.54 Å². The maximum atomic E-state index is 12.3. The van der Waals surface area contributed by atoms with E-state index in [2.05, 4.69) is 15.5 Å². The quantitative estimate of drug-likeness (QED) is 0.634. The maximum absolute atomic E-state index is 12.3. The summed E-state index contributed by atoms with van der Waals surface area (Å²) in [6.07, 6.45) is 0.331.